The van der Waals surface area contributed by atoms with Gasteiger partial charge in [-0.3, -0.25) is 8.98 Å². The zero-order chi connectivity index (χ0) is 22.0. The van der Waals surface area contributed by atoms with Crippen LogP contribution in [0.4, 0.5) is 4.79 Å². The summed E-state index contributed by atoms with van der Waals surface area (Å²) < 4.78 is 42.6. The van der Waals surface area contributed by atoms with Crippen molar-refractivity contribution in [1.82, 2.24) is 5.32 Å². The quantitative estimate of drug-likeness (QED) is 0.192. The molecule has 2 atom stereocenters. The van der Waals surface area contributed by atoms with Crippen LogP contribution >= 0.6 is 0 Å². The van der Waals surface area contributed by atoms with E-state index in [4.69, 9.17) is 8.92 Å². The lowest BCUT2D eigenvalue weighted by molar-refractivity contribution is -0.184. The van der Waals surface area contributed by atoms with E-state index in [-0.39, 0.29) is 31.2 Å². The van der Waals surface area contributed by atoms with Crippen molar-refractivity contribution in [3.8, 4) is 0 Å². The second kappa shape index (κ2) is 11.8. The minimum absolute atomic E-state index is 0.0752. The van der Waals surface area contributed by atoms with Crippen LogP contribution in [0.25, 0.3) is 0 Å². The van der Waals surface area contributed by atoms with Gasteiger partial charge in [-0.2, -0.15) is 8.42 Å². The van der Waals surface area contributed by atoms with Gasteiger partial charge >= 0.3 is 12.1 Å². The topological polar surface area (TPSA) is 155 Å². The van der Waals surface area contributed by atoms with Crippen LogP contribution in [0.1, 0.15) is 41.0 Å². The highest BCUT2D eigenvalue weighted by atomic mass is 32.2. The van der Waals surface area contributed by atoms with Gasteiger partial charge in [-0.15, -0.1) is 0 Å². The van der Waals surface area contributed by atoms with Gasteiger partial charge in [-0.1, -0.05) is 13.8 Å². The van der Waals surface area contributed by atoms with Crippen LogP contribution in [-0.2, 0) is 38.1 Å². The largest absolute Gasteiger partial charge is 0.511 e. The van der Waals surface area contributed by atoms with Crippen LogP contribution in [0.5, 0.6) is 0 Å². The molecule has 0 saturated heterocycles. The third-order valence-electron chi connectivity index (χ3n) is 3.33. The maximum absolute atomic E-state index is 12.0. The highest BCUT2D eigenvalue weighted by Crippen LogP contribution is 2.24. The van der Waals surface area contributed by atoms with Gasteiger partial charge in [-0.25, -0.2) is 9.59 Å². The first kappa shape index (κ1) is 26.1. The fraction of sp³-hybridized carbons (Fsp3) is 0.812. The molecule has 12 heteroatoms. The van der Waals surface area contributed by atoms with Gasteiger partial charge in [0.2, 0.25) is 12.2 Å². The van der Waals surface area contributed by atoms with Gasteiger partial charge in [0.25, 0.3) is 10.1 Å². The zero-order valence-electron chi connectivity index (χ0n) is 16.7. The Morgan fingerprint density at radius 2 is 1.79 bits per heavy atom. The number of rotatable bonds is 12. The molecule has 0 aliphatic rings. The van der Waals surface area contributed by atoms with E-state index in [1.807, 2.05) is 0 Å². The third-order valence-corrected chi connectivity index (χ3v) is 4.59. The Kier molecular flexibility index (Phi) is 11.0. The molecule has 0 aromatic carbocycles. The molecule has 0 radical (unpaired) electrons. The predicted molar refractivity (Wildman–Crippen MR) is 96.5 cm³/mol. The van der Waals surface area contributed by atoms with Crippen molar-refractivity contribution in [3.63, 3.8) is 0 Å². The summed E-state index contributed by atoms with van der Waals surface area (Å²) >= 11 is 0. The molecule has 0 saturated carbocycles. The third kappa shape index (κ3) is 11.0. The molecule has 11 nitrogen and oxygen atoms in total. The molecule has 0 aliphatic heterocycles. The molecule has 0 fully saturated rings. The van der Waals surface area contributed by atoms with Crippen LogP contribution in [0.15, 0.2) is 0 Å². The van der Waals surface area contributed by atoms with E-state index in [9.17, 15) is 27.9 Å². The Hall–Kier alpha value is -1.92. The van der Waals surface area contributed by atoms with Crippen LogP contribution in [0.3, 0.4) is 0 Å². The van der Waals surface area contributed by atoms with Gasteiger partial charge in [0.15, 0.2) is 6.10 Å². The van der Waals surface area contributed by atoms with E-state index in [1.54, 1.807) is 6.92 Å². The summed E-state index contributed by atoms with van der Waals surface area (Å²) in [5.41, 5.74) is -1.31. The van der Waals surface area contributed by atoms with E-state index in [2.05, 4.69) is 14.8 Å². The van der Waals surface area contributed by atoms with Gasteiger partial charge < -0.3 is 24.6 Å². The smallest absolute Gasteiger partial charge is 0.435 e. The molecule has 2 N–H and O–H groups in total. The second-order valence-corrected chi connectivity index (χ2v) is 8.32. The van der Waals surface area contributed by atoms with Crippen LogP contribution in [-0.4, -0.2) is 69.5 Å². The van der Waals surface area contributed by atoms with Gasteiger partial charge in [-0.05, 0) is 13.3 Å². The summed E-state index contributed by atoms with van der Waals surface area (Å²) in [6.07, 6.45) is -3.94. The van der Waals surface area contributed by atoms with Crippen molar-refractivity contribution in [2.24, 2.45) is 5.41 Å². The first-order chi connectivity index (χ1) is 12.8. The van der Waals surface area contributed by atoms with Gasteiger partial charge in [0.05, 0.1) is 19.0 Å². The Labute approximate surface area is 164 Å². The number of nitrogens with one attached hydrogen (secondary N) is 1. The summed E-state index contributed by atoms with van der Waals surface area (Å²) in [7, 11) is -3.92. The van der Waals surface area contributed by atoms with E-state index in [1.165, 1.54) is 27.7 Å². The Morgan fingerprint density at radius 1 is 1.18 bits per heavy atom. The second-order valence-electron chi connectivity index (χ2n) is 6.56. The fourth-order valence-electron chi connectivity index (χ4n) is 1.75. The Bertz CT molecular complexity index is 631. The number of amides is 1. The van der Waals surface area contributed by atoms with Crippen molar-refractivity contribution >= 4 is 28.1 Å². The normalized spacial score (nSPS) is 13.9. The highest BCUT2D eigenvalue weighted by Gasteiger charge is 2.37. The molecular weight excluding hydrogens is 398 g/mol. The summed E-state index contributed by atoms with van der Waals surface area (Å²) in [6, 6.07) is 0. The van der Waals surface area contributed by atoms with Gasteiger partial charge in [0.1, 0.15) is 0 Å². The first-order valence-electron chi connectivity index (χ1n) is 8.64. The standard InChI is InChI=1S/C16H29NO10S/c1-6-24-15(21)27-12(3)26-14(20)13(19)16(4,5)10-25-28(22,23)9-7-8-17-11(2)18/h12-13,19H,6-10H2,1-5H3,(H,17,18)/t12-,13-/m0/s1. The summed E-state index contributed by atoms with van der Waals surface area (Å²) in [5.74, 6) is -1.73. The lowest BCUT2D eigenvalue weighted by Gasteiger charge is -2.29. The number of hydrogen-bond acceptors (Lipinski definition) is 10. The molecule has 0 aromatic heterocycles. The Balaban J connectivity index is 4.55. The van der Waals surface area contributed by atoms with Crippen LogP contribution in [0, 0.1) is 5.41 Å². The lowest BCUT2D eigenvalue weighted by Crippen LogP contribution is -2.43. The predicted octanol–water partition coefficient (Wildman–Crippen LogP) is 0.308. The van der Waals surface area contributed by atoms with Crippen molar-refractivity contribution in [3.05, 3.63) is 0 Å². The fourth-order valence-corrected chi connectivity index (χ4v) is 2.85. The average Bonchev–Trinajstić information content (AvgIpc) is 2.56. The molecule has 164 valence electrons. The maximum atomic E-state index is 12.0. The number of carbonyl (C=O) groups excluding carboxylic acids is 3. The minimum Gasteiger partial charge on any atom is -0.435 e. The number of esters is 1. The molecule has 0 spiro atoms. The van der Waals surface area contributed by atoms with E-state index < -0.39 is 46.7 Å². The number of ether oxygens (including phenoxy) is 3. The highest BCUT2D eigenvalue weighted by molar-refractivity contribution is 7.86. The molecule has 0 bridgehead atoms. The first-order valence-corrected chi connectivity index (χ1v) is 10.2. The van der Waals surface area contributed by atoms with E-state index in [0.717, 1.165) is 0 Å². The molecule has 1 amide bonds. The SMILES string of the molecule is CCOC(=O)O[C@@H](C)OC(=O)[C@H](O)C(C)(C)COS(=O)(=O)CCCNC(C)=O. The van der Waals surface area contributed by atoms with E-state index >= 15 is 0 Å². The molecule has 0 aliphatic carbocycles. The van der Waals surface area contributed by atoms with Crippen LogP contribution < -0.4 is 5.32 Å². The molecule has 0 aromatic rings. The van der Waals surface area contributed by atoms with Crippen molar-refractivity contribution in [2.75, 3.05) is 25.5 Å². The molecular formula is C16H29NO10S. The zero-order valence-corrected chi connectivity index (χ0v) is 17.5. The number of carbonyl (C=O) groups is 3. The number of aliphatic hydroxyl groups excluding tert-OH is 1. The van der Waals surface area contributed by atoms with Crippen LogP contribution in [0.2, 0.25) is 0 Å². The monoisotopic (exact) mass is 427 g/mol. The number of hydrogen-bond donors (Lipinski definition) is 2. The lowest BCUT2D eigenvalue weighted by atomic mass is 9.88. The van der Waals surface area contributed by atoms with Crippen molar-refractivity contribution < 1.29 is 46.3 Å². The summed E-state index contributed by atoms with van der Waals surface area (Å²) in [5, 5.41) is 12.6. The average molecular weight is 427 g/mol. The maximum Gasteiger partial charge on any atom is 0.511 e. The molecule has 0 rings (SSSR count). The minimum atomic E-state index is -3.92. The summed E-state index contributed by atoms with van der Waals surface area (Å²) in [4.78, 5) is 33.9. The molecule has 0 heterocycles. The Morgan fingerprint density at radius 3 is 2.32 bits per heavy atom. The molecule has 0 unspecified atom stereocenters. The van der Waals surface area contributed by atoms with Crippen molar-refractivity contribution in [2.45, 2.75) is 53.4 Å². The number of aliphatic hydroxyl groups is 1. The van der Waals surface area contributed by atoms with E-state index in [0.29, 0.717) is 0 Å². The van der Waals surface area contributed by atoms with Gasteiger partial charge in [0, 0.05) is 25.8 Å². The summed E-state index contributed by atoms with van der Waals surface area (Å²) in [6.45, 7) is 6.71. The molecule has 28 heavy (non-hydrogen) atoms. The van der Waals surface area contributed by atoms with Crippen molar-refractivity contribution in [1.29, 1.82) is 0 Å².